The molecule has 1 aromatic carbocycles. The molecule has 0 aromatic heterocycles. The summed E-state index contributed by atoms with van der Waals surface area (Å²) in [5.74, 6) is 0.458. The fourth-order valence-corrected chi connectivity index (χ4v) is 2.39. The number of hydrogen-bond donors (Lipinski definition) is 0. The molecule has 0 bridgehead atoms. The largest absolute Gasteiger partial charge is 0.294 e. The quantitative estimate of drug-likeness (QED) is 0.727. The standard InChI is InChI=1S/C12H13ClO/c1-2-4-8-7-10-9(12(8)14)5-3-6-11(10)13/h3,5-6,8H,2,4,7H2,1H3/t8-/m1/s1. The van der Waals surface area contributed by atoms with Crippen LogP contribution in [0.5, 0.6) is 0 Å². The highest BCUT2D eigenvalue weighted by Crippen LogP contribution is 2.33. The van der Waals surface area contributed by atoms with Crippen LogP contribution in [0, 0.1) is 5.92 Å². The minimum Gasteiger partial charge on any atom is -0.294 e. The summed E-state index contributed by atoms with van der Waals surface area (Å²) in [6.07, 6.45) is 2.87. The average molecular weight is 209 g/mol. The molecule has 0 unspecified atom stereocenters. The number of carbonyl (C=O) groups is 1. The number of Topliss-reactive ketones (excluding diaryl/α,β-unsaturated/α-hetero) is 1. The zero-order valence-corrected chi connectivity index (χ0v) is 8.97. The Bertz CT molecular complexity index is 371. The van der Waals surface area contributed by atoms with Crippen molar-refractivity contribution in [2.24, 2.45) is 5.92 Å². The lowest BCUT2D eigenvalue weighted by molar-refractivity contribution is 0.0930. The SMILES string of the molecule is CCC[C@@H]1Cc2c(Cl)cccc2C1=O. The molecule has 0 N–H and O–H groups in total. The summed E-state index contributed by atoms with van der Waals surface area (Å²) in [6.45, 7) is 2.11. The zero-order chi connectivity index (χ0) is 10.1. The summed E-state index contributed by atoms with van der Waals surface area (Å²) in [7, 11) is 0. The third kappa shape index (κ3) is 1.46. The Morgan fingerprint density at radius 3 is 2.93 bits per heavy atom. The predicted octanol–water partition coefficient (Wildman–Crippen LogP) is 3.50. The molecule has 74 valence electrons. The van der Waals surface area contributed by atoms with E-state index in [9.17, 15) is 4.79 Å². The molecule has 0 amide bonds. The van der Waals surface area contributed by atoms with E-state index in [1.165, 1.54) is 0 Å². The van der Waals surface area contributed by atoms with Crippen LogP contribution in [0.4, 0.5) is 0 Å². The molecule has 1 aromatic rings. The van der Waals surface area contributed by atoms with E-state index in [1.807, 2.05) is 18.2 Å². The van der Waals surface area contributed by atoms with Crippen LogP contribution in [0.25, 0.3) is 0 Å². The Balaban J connectivity index is 2.35. The van der Waals surface area contributed by atoms with Gasteiger partial charge in [0.2, 0.25) is 0 Å². The van der Waals surface area contributed by atoms with Gasteiger partial charge in [-0.15, -0.1) is 0 Å². The Labute approximate surface area is 89.1 Å². The second kappa shape index (κ2) is 3.74. The lowest BCUT2D eigenvalue weighted by Gasteiger charge is -2.03. The molecule has 0 fully saturated rings. The molecule has 1 nitrogen and oxygen atoms in total. The zero-order valence-electron chi connectivity index (χ0n) is 8.22. The molecule has 1 atom stereocenters. The van der Waals surface area contributed by atoms with Crippen molar-refractivity contribution in [2.45, 2.75) is 26.2 Å². The number of ketones is 1. The Morgan fingerprint density at radius 1 is 1.50 bits per heavy atom. The van der Waals surface area contributed by atoms with Crippen LogP contribution < -0.4 is 0 Å². The van der Waals surface area contributed by atoms with Crippen molar-refractivity contribution in [3.8, 4) is 0 Å². The molecule has 14 heavy (non-hydrogen) atoms. The summed E-state index contributed by atoms with van der Waals surface area (Å²) in [5, 5.41) is 0.745. The minimum absolute atomic E-state index is 0.176. The fraction of sp³-hybridized carbons (Fsp3) is 0.417. The first-order valence-electron chi connectivity index (χ1n) is 5.05. The molecular weight excluding hydrogens is 196 g/mol. The van der Waals surface area contributed by atoms with E-state index in [2.05, 4.69) is 6.92 Å². The minimum atomic E-state index is 0.176. The number of fused-ring (bicyclic) bond motifs is 1. The maximum absolute atomic E-state index is 11.9. The van der Waals surface area contributed by atoms with E-state index in [0.29, 0.717) is 0 Å². The van der Waals surface area contributed by atoms with E-state index in [4.69, 9.17) is 11.6 Å². The average Bonchev–Trinajstić information content (AvgIpc) is 2.48. The molecule has 1 aliphatic rings. The summed E-state index contributed by atoms with van der Waals surface area (Å²) in [5.41, 5.74) is 1.90. The van der Waals surface area contributed by atoms with Crippen LogP contribution >= 0.6 is 11.6 Å². The number of halogens is 1. The van der Waals surface area contributed by atoms with Gasteiger partial charge in [0.1, 0.15) is 0 Å². The van der Waals surface area contributed by atoms with E-state index in [-0.39, 0.29) is 11.7 Å². The Hall–Kier alpha value is -0.820. The highest BCUT2D eigenvalue weighted by Gasteiger charge is 2.30. The van der Waals surface area contributed by atoms with Gasteiger partial charge in [0.15, 0.2) is 5.78 Å². The number of carbonyl (C=O) groups excluding carboxylic acids is 1. The highest BCUT2D eigenvalue weighted by molar-refractivity contribution is 6.32. The number of benzene rings is 1. The van der Waals surface area contributed by atoms with Crippen LogP contribution in [-0.4, -0.2) is 5.78 Å². The van der Waals surface area contributed by atoms with Crippen molar-refractivity contribution in [3.63, 3.8) is 0 Å². The van der Waals surface area contributed by atoms with E-state index < -0.39 is 0 Å². The van der Waals surface area contributed by atoms with Gasteiger partial charge >= 0.3 is 0 Å². The molecule has 0 radical (unpaired) electrons. The van der Waals surface area contributed by atoms with Gasteiger partial charge in [-0.2, -0.15) is 0 Å². The van der Waals surface area contributed by atoms with Gasteiger partial charge in [0, 0.05) is 16.5 Å². The lowest BCUT2D eigenvalue weighted by Crippen LogP contribution is -2.07. The van der Waals surface area contributed by atoms with Gasteiger partial charge in [-0.1, -0.05) is 37.1 Å². The van der Waals surface area contributed by atoms with Crippen LogP contribution in [-0.2, 0) is 6.42 Å². The number of hydrogen-bond acceptors (Lipinski definition) is 1. The topological polar surface area (TPSA) is 17.1 Å². The van der Waals surface area contributed by atoms with Crippen molar-refractivity contribution in [3.05, 3.63) is 34.3 Å². The van der Waals surface area contributed by atoms with Crippen LogP contribution in [0.3, 0.4) is 0 Å². The normalized spacial score (nSPS) is 19.9. The molecule has 0 aliphatic heterocycles. The van der Waals surface area contributed by atoms with Crippen molar-refractivity contribution >= 4 is 17.4 Å². The fourth-order valence-electron chi connectivity index (χ4n) is 2.14. The first-order valence-corrected chi connectivity index (χ1v) is 5.43. The van der Waals surface area contributed by atoms with Crippen molar-refractivity contribution in [2.75, 3.05) is 0 Å². The third-order valence-electron chi connectivity index (χ3n) is 2.84. The van der Waals surface area contributed by atoms with Crippen LogP contribution in [0.1, 0.15) is 35.7 Å². The van der Waals surface area contributed by atoms with Gasteiger partial charge in [0.25, 0.3) is 0 Å². The molecule has 2 heteroatoms. The monoisotopic (exact) mass is 208 g/mol. The smallest absolute Gasteiger partial charge is 0.166 e. The second-order valence-corrected chi connectivity index (χ2v) is 4.23. The highest BCUT2D eigenvalue weighted by atomic mass is 35.5. The number of rotatable bonds is 2. The Morgan fingerprint density at radius 2 is 2.29 bits per heavy atom. The van der Waals surface area contributed by atoms with Crippen LogP contribution in [0.2, 0.25) is 5.02 Å². The van der Waals surface area contributed by atoms with Gasteiger partial charge < -0.3 is 0 Å². The molecule has 2 rings (SSSR count). The Kier molecular flexibility index (Phi) is 2.60. The molecule has 0 spiro atoms. The molecule has 0 saturated heterocycles. The van der Waals surface area contributed by atoms with Gasteiger partial charge in [-0.05, 0) is 24.5 Å². The maximum Gasteiger partial charge on any atom is 0.166 e. The summed E-state index contributed by atoms with van der Waals surface area (Å²) < 4.78 is 0. The first-order chi connectivity index (χ1) is 6.74. The van der Waals surface area contributed by atoms with Crippen molar-refractivity contribution in [1.29, 1.82) is 0 Å². The van der Waals surface area contributed by atoms with Crippen LogP contribution in [0.15, 0.2) is 18.2 Å². The van der Waals surface area contributed by atoms with Gasteiger partial charge in [-0.3, -0.25) is 4.79 Å². The molecular formula is C12H13ClO. The van der Waals surface area contributed by atoms with E-state index >= 15 is 0 Å². The second-order valence-electron chi connectivity index (χ2n) is 3.82. The molecule has 0 saturated carbocycles. The summed E-state index contributed by atoms with van der Waals surface area (Å²) in [4.78, 5) is 11.9. The van der Waals surface area contributed by atoms with Gasteiger partial charge in [0.05, 0.1) is 0 Å². The summed E-state index contributed by atoms with van der Waals surface area (Å²) >= 11 is 6.05. The van der Waals surface area contributed by atoms with E-state index in [1.54, 1.807) is 0 Å². The summed E-state index contributed by atoms with van der Waals surface area (Å²) in [6, 6.07) is 5.61. The maximum atomic E-state index is 11.9. The lowest BCUT2D eigenvalue weighted by atomic mass is 10.00. The third-order valence-corrected chi connectivity index (χ3v) is 3.20. The van der Waals surface area contributed by atoms with Crippen molar-refractivity contribution < 1.29 is 4.79 Å². The van der Waals surface area contributed by atoms with E-state index in [0.717, 1.165) is 35.4 Å². The molecule has 1 aliphatic carbocycles. The first kappa shape index (κ1) is 9.72. The molecule has 0 heterocycles. The predicted molar refractivity (Wildman–Crippen MR) is 57.9 cm³/mol. The van der Waals surface area contributed by atoms with Crippen molar-refractivity contribution in [1.82, 2.24) is 0 Å². The van der Waals surface area contributed by atoms with Gasteiger partial charge in [-0.25, -0.2) is 0 Å².